The van der Waals surface area contributed by atoms with Gasteiger partial charge in [0.1, 0.15) is 0 Å². The van der Waals surface area contributed by atoms with Crippen molar-refractivity contribution in [3.8, 4) is 0 Å². The molecule has 1 aliphatic rings. The lowest BCUT2D eigenvalue weighted by Crippen LogP contribution is -2.40. The molecule has 20 heavy (non-hydrogen) atoms. The van der Waals surface area contributed by atoms with E-state index >= 15 is 0 Å². The van der Waals surface area contributed by atoms with E-state index < -0.39 is 0 Å². The van der Waals surface area contributed by atoms with Crippen LogP contribution in [0.15, 0.2) is 12.1 Å². The minimum atomic E-state index is -0.111. The molecule has 3 N–H and O–H groups in total. The number of rotatable bonds is 4. The topological polar surface area (TPSA) is 58.4 Å². The molecule has 0 aliphatic carbocycles. The van der Waals surface area contributed by atoms with Crippen molar-refractivity contribution in [3.05, 3.63) is 27.7 Å². The minimum absolute atomic E-state index is 0.111. The molecule has 6 heteroatoms. The van der Waals surface area contributed by atoms with E-state index in [0.29, 0.717) is 34.9 Å². The van der Waals surface area contributed by atoms with Crippen LogP contribution in [-0.2, 0) is 4.79 Å². The average Bonchev–Trinajstić information content (AvgIpc) is 2.86. The van der Waals surface area contributed by atoms with Crippen LogP contribution in [0.25, 0.3) is 0 Å². The number of nitrogens with two attached hydrogens (primary N) is 1. The summed E-state index contributed by atoms with van der Waals surface area (Å²) in [5.74, 6) is -0.111. The number of amides is 1. The minimum Gasteiger partial charge on any atom is -0.329 e. The number of carbonyl (C=O) groups is 1. The SMILES string of the molecule is Cc1ccc(Cl)c(NC(=O)CN2CCCC2CN)c1Cl. The Bertz CT molecular complexity index is 507. The number of nitrogens with zero attached hydrogens (tertiary/aromatic N) is 1. The molecule has 4 nitrogen and oxygen atoms in total. The number of nitrogens with one attached hydrogen (secondary N) is 1. The molecular weight excluding hydrogens is 297 g/mol. The van der Waals surface area contributed by atoms with Gasteiger partial charge in [-0.15, -0.1) is 0 Å². The van der Waals surface area contributed by atoms with Crippen molar-refractivity contribution in [2.45, 2.75) is 25.8 Å². The lowest BCUT2D eigenvalue weighted by atomic mass is 10.2. The molecule has 1 amide bonds. The molecule has 1 saturated heterocycles. The lowest BCUT2D eigenvalue weighted by molar-refractivity contribution is -0.117. The van der Waals surface area contributed by atoms with Gasteiger partial charge in [0.05, 0.1) is 22.3 Å². The predicted molar refractivity (Wildman–Crippen MR) is 83.5 cm³/mol. The Kier molecular flexibility index (Phi) is 5.27. The maximum absolute atomic E-state index is 12.1. The summed E-state index contributed by atoms with van der Waals surface area (Å²) in [5, 5.41) is 3.74. The van der Waals surface area contributed by atoms with Gasteiger partial charge in [-0.25, -0.2) is 0 Å². The van der Waals surface area contributed by atoms with E-state index in [2.05, 4.69) is 10.2 Å². The average molecular weight is 316 g/mol. The largest absolute Gasteiger partial charge is 0.329 e. The van der Waals surface area contributed by atoms with Crippen LogP contribution in [0, 0.1) is 6.92 Å². The fourth-order valence-corrected chi connectivity index (χ4v) is 2.97. The Labute approximate surface area is 129 Å². The lowest BCUT2D eigenvalue weighted by Gasteiger charge is -2.22. The number of hydrogen-bond donors (Lipinski definition) is 2. The number of halogens is 2. The van der Waals surface area contributed by atoms with Crippen molar-refractivity contribution in [2.24, 2.45) is 5.73 Å². The maximum atomic E-state index is 12.1. The van der Waals surface area contributed by atoms with E-state index in [1.807, 2.05) is 13.0 Å². The van der Waals surface area contributed by atoms with Crippen molar-refractivity contribution in [3.63, 3.8) is 0 Å². The molecule has 1 heterocycles. The summed E-state index contributed by atoms with van der Waals surface area (Å²) < 4.78 is 0. The van der Waals surface area contributed by atoms with E-state index in [4.69, 9.17) is 28.9 Å². The van der Waals surface area contributed by atoms with E-state index in [9.17, 15) is 4.79 Å². The highest BCUT2D eigenvalue weighted by molar-refractivity contribution is 6.40. The van der Waals surface area contributed by atoms with Gasteiger partial charge in [0.15, 0.2) is 0 Å². The van der Waals surface area contributed by atoms with Crippen LogP contribution in [0.5, 0.6) is 0 Å². The first-order valence-electron chi connectivity index (χ1n) is 6.71. The first-order chi connectivity index (χ1) is 9.52. The molecule has 1 aliphatic heterocycles. The molecule has 2 rings (SSSR count). The van der Waals surface area contributed by atoms with Crippen LogP contribution in [0.2, 0.25) is 10.0 Å². The van der Waals surface area contributed by atoms with Crippen molar-refractivity contribution in [1.82, 2.24) is 4.90 Å². The quantitative estimate of drug-likeness (QED) is 0.898. The van der Waals surface area contributed by atoms with Crippen LogP contribution in [-0.4, -0.2) is 36.5 Å². The smallest absolute Gasteiger partial charge is 0.238 e. The Hall–Kier alpha value is -0.810. The molecule has 1 unspecified atom stereocenters. The van der Waals surface area contributed by atoms with Crippen molar-refractivity contribution in [2.75, 3.05) is 25.0 Å². The number of likely N-dealkylation sites (tertiary alicyclic amines) is 1. The summed E-state index contributed by atoms with van der Waals surface area (Å²) in [6.07, 6.45) is 2.14. The molecular formula is C14H19Cl2N3O. The standard InChI is InChI=1S/C14H19Cl2N3O/c1-9-4-5-11(15)14(13(9)16)18-12(20)8-19-6-2-3-10(19)7-17/h4-5,10H,2-3,6-8,17H2,1H3,(H,18,20). The summed E-state index contributed by atoms with van der Waals surface area (Å²) in [7, 11) is 0. The van der Waals surface area contributed by atoms with Gasteiger partial charge in [-0.1, -0.05) is 29.3 Å². The number of carbonyl (C=O) groups excluding carboxylic acids is 1. The Balaban J connectivity index is 2.03. The highest BCUT2D eigenvalue weighted by atomic mass is 35.5. The molecule has 1 aromatic rings. The highest BCUT2D eigenvalue weighted by Crippen LogP contribution is 2.32. The van der Waals surface area contributed by atoms with Crippen LogP contribution >= 0.6 is 23.2 Å². The van der Waals surface area contributed by atoms with Gasteiger partial charge in [-0.2, -0.15) is 0 Å². The van der Waals surface area contributed by atoms with Gasteiger partial charge in [0, 0.05) is 12.6 Å². The molecule has 0 bridgehead atoms. The second kappa shape index (κ2) is 6.76. The first kappa shape index (κ1) is 15.6. The zero-order valence-electron chi connectivity index (χ0n) is 11.5. The van der Waals surface area contributed by atoms with Crippen molar-refractivity contribution in [1.29, 1.82) is 0 Å². The van der Waals surface area contributed by atoms with Crippen molar-refractivity contribution < 1.29 is 4.79 Å². The van der Waals surface area contributed by atoms with Crippen LogP contribution in [0.3, 0.4) is 0 Å². The van der Waals surface area contributed by atoms with E-state index in [1.54, 1.807) is 6.07 Å². The van der Waals surface area contributed by atoms with Crippen LogP contribution in [0.4, 0.5) is 5.69 Å². The van der Waals surface area contributed by atoms with Crippen molar-refractivity contribution >= 4 is 34.8 Å². The second-order valence-corrected chi connectivity index (χ2v) is 5.89. The van der Waals surface area contributed by atoms with Crippen LogP contribution < -0.4 is 11.1 Å². The highest BCUT2D eigenvalue weighted by Gasteiger charge is 2.25. The monoisotopic (exact) mass is 315 g/mol. The Morgan fingerprint density at radius 2 is 2.25 bits per heavy atom. The summed E-state index contributed by atoms with van der Waals surface area (Å²) in [6.45, 7) is 3.69. The number of hydrogen-bond acceptors (Lipinski definition) is 3. The normalized spacial score (nSPS) is 19.3. The molecule has 0 saturated carbocycles. The summed E-state index contributed by atoms with van der Waals surface area (Å²) in [5.41, 5.74) is 7.07. The second-order valence-electron chi connectivity index (χ2n) is 5.10. The molecule has 110 valence electrons. The predicted octanol–water partition coefficient (Wildman–Crippen LogP) is 2.66. The van der Waals surface area contributed by atoms with E-state index in [-0.39, 0.29) is 5.91 Å². The van der Waals surface area contributed by atoms with Gasteiger partial charge < -0.3 is 11.1 Å². The fraction of sp³-hybridized carbons (Fsp3) is 0.500. The molecule has 0 aromatic heterocycles. The van der Waals surface area contributed by atoms with Gasteiger partial charge in [0.2, 0.25) is 5.91 Å². The Morgan fingerprint density at radius 1 is 1.50 bits per heavy atom. The molecule has 0 spiro atoms. The molecule has 1 fully saturated rings. The summed E-state index contributed by atoms with van der Waals surface area (Å²) >= 11 is 12.3. The molecule has 1 aromatic carbocycles. The third-order valence-corrected chi connectivity index (χ3v) is 4.47. The first-order valence-corrected chi connectivity index (χ1v) is 7.47. The van der Waals surface area contributed by atoms with Crippen LogP contribution in [0.1, 0.15) is 18.4 Å². The number of anilines is 1. The zero-order chi connectivity index (χ0) is 14.7. The third kappa shape index (κ3) is 3.44. The maximum Gasteiger partial charge on any atom is 0.238 e. The van der Waals surface area contributed by atoms with Gasteiger partial charge in [-0.3, -0.25) is 9.69 Å². The summed E-state index contributed by atoms with van der Waals surface area (Å²) in [6, 6.07) is 3.85. The van der Waals surface area contributed by atoms with Gasteiger partial charge in [-0.05, 0) is 37.9 Å². The van der Waals surface area contributed by atoms with E-state index in [0.717, 1.165) is 24.9 Å². The Morgan fingerprint density at radius 3 is 2.95 bits per heavy atom. The zero-order valence-corrected chi connectivity index (χ0v) is 13.0. The van der Waals surface area contributed by atoms with Gasteiger partial charge in [0.25, 0.3) is 0 Å². The number of aryl methyl sites for hydroxylation is 1. The number of benzene rings is 1. The van der Waals surface area contributed by atoms with Gasteiger partial charge >= 0.3 is 0 Å². The summed E-state index contributed by atoms with van der Waals surface area (Å²) in [4.78, 5) is 14.2. The van der Waals surface area contributed by atoms with E-state index in [1.165, 1.54) is 0 Å². The molecule has 1 atom stereocenters. The molecule has 0 radical (unpaired) electrons. The fourth-order valence-electron chi connectivity index (χ4n) is 2.50. The third-order valence-electron chi connectivity index (χ3n) is 3.67.